The zero-order valence-electron chi connectivity index (χ0n) is 15.2. The molecule has 7 nitrogen and oxygen atoms in total. The van der Waals surface area contributed by atoms with Crippen LogP contribution >= 0.6 is 0 Å². The Labute approximate surface area is 158 Å². The minimum Gasteiger partial charge on any atom is -0.347 e. The van der Waals surface area contributed by atoms with Crippen molar-refractivity contribution in [3.8, 4) is 0 Å². The smallest absolute Gasteiger partial charge is 0.274 e. The molecular formula is C19H21N3O4S. The Morgan fingerprint density at radius 3 is 2.37 bits per heavy atom. The van der Waals surface area contributed by atoms with Crippen LogP contribution in [0.3, 0.4) is 0 Å². The Morgan fingerprint density at radius 2 is 1.74 bits per heavy atom. The van der Waals surface area contributed by atoms with Gasteiger partial charge < -0.3 is 10.6 Å². The maximum absolute atomic E-state index is 12.4. The summed E-state index contributed by atoms with van der Waals surface area (Å²) in [6.07, 6.45) is 0.390. The summed E-state index contributed by atoms with van der Waals surface area (Å²) < 4.78 is 23.0. The molecular weight excluding hydrogens is 366 g/mol. The van der Waals surface area contributed by atoms with Gasteiger partial charge in [0.15, 0.2) is 9.84 Å². The van der Waals surface area contributed by atoms with Gasteiger partial charge in [0.25, 0.3) is 11.8 Å². The molecule has 142 valence electrons. The van der Waals surface area contributed by atoms with Crippen LogP contribution in [0.15, 0.2) is 36.4 Å². The van der Waals surface area contributed by atoms with Crippen LogP contribution in [0.25, 0.3) is 0 Å². The Kier molecular flexibility index (Phi) is 5.27. The summed E-state index contributed by atoms with van der Waals surface area (Å²) in [5, 5.41) is 5.43. The van der Waals surface area contributed by atoms with Gasteiger partial charge in [-0.2, -0.15) is 0 Å². The number of carbonyl (C=O) groups excluding carboxylic acids is 2. The van der Waals surface area contributed by atoms with Crippen LogP contribution in [0, 0.1) is 13.8 Å². The van der Waals surface area contributed by atoms with Gasteiger partial charge in [0.1, 0.15) is 11.4 Å². The molecule has 1 unspecified atom stereocenters. The van der Waals surface area contributed by atoms with E-state index in [0.29, 0.717) is 12.1 Å². The van der Waals surface area contributed by atoms with Gasteiger partial charge in [0.2, 0.25) is 0 Å². The number of nitrogens with one attached hydrogen (secondary N) is 2. The molecule has 27 heavy (non-hydrogen) atoms. The quantitative estimate of drug-likeness (QED) is 0.833. The number of anilines is 1. The summed E-state index contributed by atoms with van der Waals surface area (Å²) in [7, 11) is -3.09. The van der Waals surface area contributed by atoms with Crippen molar-refractivity contribution in [3.63, 3.8) is 0 Å². The number of aryl methyl sites for hydroxylation is 2. The lowest BCUT2D eigenvalue weighted by molar-refractivity contribution is 0.0936. The van der Waals surface area contributed by atoms with E-state index >= 15 is 0 Å². The number of hydrogen-bond acceptors (Lipinski definition) is 5. The Hall–Kier alpha value is -2.74. The molecule has 1 aliphatic heterocycles. The van der Waals surface area contributed by atoms with Crippen molar-refractivity contribution in [2.24, 2.45) is 0 Å². The average molecular weight is 387 g/mol. The van der Waals surface area contributed by atoms with E-state index in [1.54, 1.807) is 12.1 Å². The molecule has 2 N–H and O–H groups in total. The van der Waals surface area contributed by atoms with Gasteiger partial charge in [-0.15, -0.1) is 0 Å². The van der Waals surface area contributed by atoms with Gasteiger partial charge in [0, 0.05) is 11.7 Å². The molecule has 1 saturated heterocycles. The molecule has 3 rings (SSSR count). The van der Waals surface area contributed by atoms with Crippen LogP contribution in [-0.4, -0.2) is 42.8 Å². The molecule has 0 bridgehead atoms. The first kappa shape index (κ1) is 19.0. The molecule has 0 radical (unpaired) electrons. The zero-order chi connectivity index (χ0) is 19.6. The summed E-state index contributed by atoms with van der Waals surface area (Å²) in [5.74, 6) is -0.899. The summed E-state index contributed by atoms with van der Waals surface area (Å²) in [6.45, 7) is 3.94. The highest BCUT2D eigenvalue weighted by Crippen LogP contribution is 2.15. The first-order valence-electron chi connectivity index (χ1n) is 8.60. The molecule has 1 aliphatic rings. The molecule has 8 heteroatoms. The third kappa shape index (κ3) is 4.71. The lowest BCUT2D eigenvalue weighted by Crippen LogP contribution is -2.36. The van der Waals surface area contributed by atoms with Crippen molar-refractivity contribution in [2.75, 3.05) is 16.8 Å². The van der Waals surface area contributed by atoms with Crippen molar-refractivity contribution >= 4 is 27.3 Å². The second kappa shape index (κ2) is 7.48. The van der Waals surface area contributed by atoms with Crippen LogP contribution in [0.1, 0.15) is 38.5 Å². The largest absolute Gasteiger partial charge is 0.347 e. The molecule has 1 aromatic carbocycles. The van der Waals surface area contributed by atoms with E-state index < -0.39 is 27.7 Å². The highest BCUT2D eigenvalue weighted by atomic mass is 32.2. The fourth-order valence-corrected chi connectivity index (χ4v) is 4.54. The third-order valence-electron chi connectivity index (χ3n) is 4.55. The van der Waals surface area contributed by atoms with Crippen molar-refractivity contribution in [1.29, 1.82) is 0 Å². The molecule has 2 aromatic rings. The highest BCUT2D eigenvalue weighted by molar-refractivity contribution is 7.91. The summed E-state index contributed by atoms with van der Waals surface area (Å²) in [5.41, 5.74) is 3.02. The summed E-state index contributed by atoms with van der Waals surface area (Å²) in [4.78, 5) is 28.9. The van der Waals surface area contributed by atoms with E-state index in [-0.39, 0.29) is 22.9 Å². The molecule has 0 saturated carbocycles. The predicted octanol–water partition coefficient (Wildman–Crippen LogP) is 1.87. The number of rotatable bonds is 4. The van der Waals surface area contributed by atoms with E-state index in [9.17, 15) is 18.0 Å². The zero-order valence-corrected chi connectivity index (χ0v) is 16.0. The van der Waals surface area contributed by atoms with Crippen molar-refractivity contribution in [3.05, 3.63) is 58.9 Å². The van der Waals surface area contributed by atoms with Gasteiger partial charge in [-0.3, -0.25) is 9.59 Å². The minimum atomic E-state index is -3.09. The maximum Gasteiger partial charge on any atom is 0.274 e. The maximum atomic E-state index is 12.4. The van der Waals surface area contributed by atoms with Crippen molar-refractivity contribution < 1.29 is 18.0 Å². The predicted molar refractivity (Wildman–Crippen MR) is 103 cm³/mol. The van der Waals surface area contributed by atoms with Crippen LogP contribution < -0.4 is 10.6 Å². The third-order valence-corrected chi connectivity index (χ3v) is 6.31. The van der Waals surface area contributed by atoms with Gasteiger partial charge in [-0.05, 0) is 55.7 Å². The molecule has 1 aromatic heterocycles. The highest BCUT2D eigenvalue weighted by Gasteiger charge is 2.29. The fourth-order valence-electron chi connectivity index (χ4n) is 2.87. The Bertz CT molecular complexity index is 1000. The molecule has 0 aliphatic carbocycles. The van der Waals surface area contributed by atoms with E-state index in [4.69, 9.17) is 0 Å². The van der Waals surface area contributed by atoms with E-state index in [1.165, 1.54) is 12.1 Å². The van der Waals surface area contributed by atoms with Gasteiger partial charge >= 0.3 is 0 Å². The summed E-state index contributed by atoms with van der Waals surface area (Å²) >= 11 is 0. The normalized spacial score (nSPS) is 18.1. The fraction of sp³-hybridized carbons (Fsp3) is 0.316. The standard InChI is InChI=1S/C19H21N3O4S/c1-12-6-7-14(10-13(12)2)20-18(23)16-4-3-5-17(22-16)19(24)21-15-8-9-27(25,26)11-15/h3-7,10,15H,8-9,11H2,1-2H3,(H,20,23)(H,21,24). The SMILES string of the molecule is Cc1ccc(NC(=O)c2cccc(C(=O)NC3CCS(=O)(=O)C3)n2)cc1C. The number of nitrogens with zero attached hydrogens (tertiary/aromatic N) is 1. The second-order valence-electron chi connectivity index (χ2n) is 6.73. The first-order chi connectivity index (χ1) is 12.7. The van der Waals surface area contributed by atoms with Gasteiger partial charge in [-0.1, -0.05) is 12.1 Å². The van der Waals surface area contributed by atoms with Crippen LogP contribution in [0.5, 0.6) is 0 Å². The average Bonchev–Trinajstić information content (AvgIpc) is 2.96. The topological polar surface area (TPSA) is 105 Å². The Morgan fingerprint density at radius 1 is 1.04 bits per heavy atom. The minimum absolute atomic E-state index is 0.0638. The van der Waals surface area contributed by atoms with Crippen molar-refractivity contribution in [1.82, 2.24) is 10.3 Å². The number of sulfone groups is 1. The lowest BCUT2D eigenvalue weighted by atomic mass is 10.1. The molecule has 2 heterocycles. The van der Waals surface area contributed by atoms with Gasteiger partial charge in [-0.25, -0.2) is 13.4 Å². The van der Waals surface area contributed by atoms with E-state index in [1.807, 2.05) is 26.0 Å². The molecule has 1 atom stereocenters. The number of amides is 2. The lowest BCUT2D eigenvalue weighted by Gasteiger charge is -2.11. The van der Waals surface area contributed by atoms with Crippen molar-refractivity contribution in [2.45, 2.75) is 26.3 Å². The van der Waals surface area contributed by atoms with E-state index in [0.717, 1.165) is 11.1 Å². The van der Waals surface area contributed by atoms with Crippen LogP contribution in [0.2, 0.25) is 0 Å². The number of aromatic nitrogens is 1. The molecule has 0 spiro atoms. The molecule has 1 fully saturated rings. The second-order valence-corrected chi connectivity index (χ2v) is 8.96. The van der Waals surface area contributed by atoms with E-state index in [2.05, 4.69) is 15.6 Å². The van der Waals surface area contributed by atoms with Crippen LogP contribution in [0.4, 0.5) is 5.69 Å². The number of hydrogen-bond donors (Lipinski definition) is 2. The number of benzene rings is 1. The summed E-state index contributed by atoms with van der Waals surface area (Å²) in [6, 6.07) is 9.75. The molecule has 2 amide bonds. The number of carbonyl (C=O) groups is 2. The first-order valence-corrected chi connectivity index (χ1v) is 10.4. The number of pyridine rings is 1. The Balaban J connectivity index is 1.69. The monoisotopic (exact) mass is 387 g/mol. The van der Waals surface area contributed by atoms with Crippen LogP contribution in [-0.2, 0) is 9.84 Å². The van der Waals surface area contributed by atoms with Gasteiger partial charge in [0.05, 0.1) is 11.5 Å².